The van der Waals surface area contributed by atoms with Gasteiger partial charge in [-0.3, -0.25) is 9.97 Å². The number of nitrogens with zero attached hydrogens (tertiary/aromatic N) is 2. The van der Waals surface area contributed by atoms with Crippen LogP contribution in [-0.4, -0.2) is 9.97 Å². The smallest absolute Gasteiger partial charge is 0.140 e. The van der Waals surface area contributed by atoms with Crippen molar-refractivity contribution in [1.29, 1.82) is 0 Å². The molecule has 0 aliphatic rings. The third-order valence-electron chi connectivity index (χ3n) is 1.67. The second-order valence-electron chi connectivity index (χ2n) is 2.52. The van der Waals surface area contributed by atoms with E-state index in [1.807, 2.05) is 22.6 Å². The predicted molar refractivity (Wildman–Crippen MR) is 56.6 cm³/mol. The summed E-state index contributed by atoms with van der Waals surface area (Å²) < 4.78 is 13.6. The van der Waals surface area contributed by atoms with Gasteiger partial charge in [0.1, 0.15) is 16.9 Å². The molecule has 0 bridgehead atoms. The third kappa shape index (κ3) is 1.32. The van der Waals surface area contributed by atoms with Gasteiger partial charge in [0.2, 0.25) is 0 Å². The third-order valence-corrected chi connectivity index (χ3v) is 2.70. The molecule has 1 aromatic carbocycles. The van der Waals surface area contributed by atoms with Crippen LogP contribution in [0.5, 0.6) is 0 Å². The van der Waals surface area contributed by atoms with Crippen molar-refractivity contribution in [2.45, 2.75) is 0 Å². The Bertz CT molecular complexity index is 472. The van der Waals surface area contributed by atoms with Gasteiger partial charge in [-0.15, -0.1) is 0 Å². The fourth-order valence-corrected chi connectivity index (χ4v) is 1.64. The largest absolute Gasteiger partial charge is 0.397 e. The second-order valence-corrected chi connectivity index (χ2v) is 3.59. The molecule has 2 N–H and O–H groups in total. The fourth-order valence-electron chi connectivity index (χ4n) is 1.09. The molecule has 0 aliphatic carbocycles. The number of fused-ring (bicyclic) bond motifs is 1. The molecule has 13 heavy (non-hydrogen) atoms. The first kappa shape index (κ1) is 8.61. The molecule has 5 heteroatoms. The van der Waals surface area contributed by atoms with Crippen LogP contribution in [0.25, 0.3) is 11.0 Å². The van der Waals surface area contributed by atoms with Crippen LogP contribution in [0.15, 0.2) is 18.5 Å². The van der Waals surface area contributed by atoms with Crippen molar-refractivity contribution in [3.05, 3.63) is 27.8 Å². The normalized spacial score (nSPS) is 10.6. The van der Waals surface area contributed by atoms with E-state index in [1.165, 1.54) is 18.5 Å². The van der Waals surface area contributed by atoms with Crippen LogP contribution in [0, 0.1) is 9.39 Å². The summed E-state index contributed by atoms with van der Waals surface area (Å²) in [6.45, 7) is 0. The number of aromatic nitrogens is 2. The fraction of sp³-hybridized carbons (Fsp3) is 0. The van der Waals surface area contributed by atoms with Gasteiger partial charge in [0.15, 0.2) is 0 Å². The number of benzene rings is 1. The summed E-state index contributed by atoms with van der Waals surface area (Å²) in [6.07, 6.45) is 3.05. The number of rotatable bonds is 0. The molecule has 1 heterocycles. The lowest BCUT2D eigenvalue weighted by Gasteiger charge is -2.02. The van der Waals surface area contributed by atoms with Crippen LogP contribution in [0.3, 0.4) is 0 Å². The molecule has 0 saturated carbocycles. The second kappa shape index (κ2) is 3.06. The van der Waals surface area contributed by atoms with Crippen molar-refractivity contribution in [2.75, 3.05) is 5.73 Å². The first-order valence-corrected chi connectivity index (χ1v) is 4.62. The van der Waals surface area contributed by atoms with Gasteiger partial charge in [-0.2, -0.15) is 0 Å². The number of hydrogen-bond donors (Lipinski definition) is 1. The van der Waals surface area contributed by atoms with E-state index in [-0.39, 0.29) is 5.82 Å². The number of nitrogens with two attached hydrogens (primary N) is 1. The average molecular weight is 289 g/mol. The lowest BCUT2D eigenvalue weighted by atomic mass is 10.2. The van der Waals surface area contributed by atoms with Crippen molar-refractivity contribution >= 4 is 39.3 Å². The molecule has 0 spiro atoms. The molecule has 2 rings (SSSR count). The van der Waals surface area contributed by atoms with E-state index in [4.69, 9.17) is 5.73 Å². The van der Waals surface area contributed by atoms with Gasteiger partial charge in [-0.25, -0.2) is 4.39 Å². The summed E-state index contributed by atoms with van der Waals surface area (Å²) in [5.41, 5.74) is 6.96. The van der Waals surface area contributed by atoms with Crippen LogP contribution in [0.1, 0.15) is 0 Å². The quantitative estimate of drug-likeness (QED) is 0.596. The molecule has 2 aromatic rings. The molecule has 0 aliphatic heterocycles. The molecule has 0 atom stereocenters. The van der Waals surface area contributed by atoms with Crippen molar-refractivity contribution in [1.82, 2.24) is 9.97 Å². The van der Waals surface area contributed by atoms with Gasteiger partial charge in [-0.05, 0) is 22.6 Å². The zero-order valence-corrected chi connectivity index (χ0v) is 8.62. The molecule has 0 saturated heterocycles. The van der Waals surface area contributed by atoms with E-state index in [9.17, 15) is 4.39 Å². The Morgan fingerprint density at radius 3 is 2.54 bits per heavy atom. The molecule has 66 valence electrons. The maximum atomic E-state index is 13.2. The van der Waals surface area contributed by atoms with Gasteiger partial charge in [0.25, 0.3) is 0 Å². The van der Waals surface area contributed by atoms with Crippen molar-refractivity contribution in [2.24, 2.45) is 0 Å². The highest BCUT2D eigenvalue weighted by atomic mass is 127. The van der Waals surface area contributed by atoms with E-state index in [2.05, 4.69) is 9.97 Å². The molecule has 3 nitrogen and oxygen atoms in total. The maximum absolute atomic E-state index is 13.2. The van der Waals surface area contributed by atoms with E-state index < -0.39 is 0 Å². The number of nitrogen functional groups attached to an aromatic ring is 1. The lowest BCUT2D eigenvalue weighted by Crippen LogP contribution is -1.96. The average Bonchev–Trinajstić information content (AvgIpc) is 2.15. The lowest BCUT2D eigenvalue weighted by molar-refractivity contribution is 0.622. The maximum Gasteiger partial charge on any atom is 0.140 e. The number of hydrogen-bond acceptors (Lipinski definition) is 3. The predicted octanol–water partition coefficient (Wildman–Crippen LogP) is 1.96. The van der Waals surface area contributed by atoms with E-state index >= 15 is 0 Å². The molecular weight excluding hydrogens is 284 g/mol. The van der Waals surface area contributed by atoms with Crippen LogP contribution in [-0.2, 0) is 0 Å². The summed E-state index contributed by atoms with van der Waals surface area (Å²) in [6, 6.07) is 1.26. The first-order valence-electron chi connectivity index (χ1n) is 3.54. The monoisotopic (exact) mass is 289 g/mol. The Morgan fingerprint density at radius 2 is 1.85 bits per heavy atom. The highest BCUT2D eigenvalue weighted by Crippen LogP contribution is 2.24. The van der Waals surface area contributed by atoms with Gasteiger partial charge in [0, 0.05) is 18.5 Å². The first-order chi connectivity index (χ1) is 6.20. The van der Waals surface area contributed by atoms with E-state index in [0.29, 0.717) is 20.3 Å². The summed E-state index contributed by atoms with van der Waals surface area (Å²) in [5, 5.41) is 0. The molecule has 0 fully saturated rings. The van der Waals surface area contributed by atoms with Crippen molar-refractivity contribution in [3.63, 3.8) is 0 Å². The summed E-state index contributed by atoms with van der Waals surface area (Å²) in [4.78, 5) is 8.04. The number of halogens is 2. The summed E-state index contributed by atoms with van der Waals surface area (Å²) >= 11 is 1.89. The SMILES string of the molecule is Nc1cc(F)c(I)c2nccnc12. The number of anilines is 1. The molecular formula is C8H5FIN3. The zero-order valence-electron chi connectivity index (χ0n) is 6.46. The van der Waals surface area contributed by atoms with Crippen LogP contribution < -0.4 is 5.73 Å². The van der Waals surface area contributed by atoms with Crippen molar-refractivity contribution in [3.8, 4) is 0 Å². The van der Waals surface area contributed by atoms with E-state index in [0.717, 1.165) is 0 Å². The minimum atomic E-state index is -0.355. The minimum absolute atomic E-state index is 0.320. The summed E-state index contributed by atoms with van der Waals surface area (Å²) in [7, 11) is 0. The van der Waals surface area contributed by atoms with E-state index in [1.54, 1.807) is 0 Å². The van der Waals surface area contributed by atoms with Crippen LogP contribution in [0.2, 0.25) is 0 Å². The Balaban J connectivity index is 2.97. The molecule has 0 unspecified atom stereocenters. The Labute approximate surface area is 87.3 Å². The van der Waals surface area contributed by atoms with Gasteiger partial charge in [0.05, 0.1) is 9.26 Å². The standard InChI is InChI=1S/C8H5FIN3/c9-4-3-5(11)7-8(6(4)10)13-2-1-12-7/h1-3H,11H2. The topological polar surface area (TPSA) is 51.8 Å². The van der Waals surface area contributed by atoms with Crippen LogP contribution >= 0.6 is 22.6 Å². The highest BCUT2D eigenvalue weighted by Gasteiger charge is 2.09. The van der Waals surface area contributed by atoms with Crippen molar-refractivity contribution < 1.29 is 4.39 Å². The zero-order chi connectivity index (χ0) is 9.42. The van der Waals surface area contributed by atoms with Gasteiger partial charge >= 0.3 is 0 Å². The Hall–Kier alpha value is -0.980. The highest BCUT2D eigenvalue weighted by molar-refractivity contribution is 14.1. The Morgan fingerprint density at radius 1 is 1.23 bits per heavy atom. The van der Waals surface area contributed by atoms with Gasteiger partial charge < -0.3 is 5.73 Å². The summed E-state index contributed by atoms with van der Waals surface area (Å²) in [5.74, 6) is -0.355. The minimum Gasteiger partial charge on any atom is -0.397 e. The Kier molecular flexibility index (Phi) is 2.03. The molecule has 0 radical (unpaired) electrons. The molecule has 1 aromatic heterocycles. The van der Waals surface area contributed by atoms with Gasteiger partial charge in [-0.1, -0.05) is 0 Å². The van der Waals surface area contributed by atoms with Crippen LogP contribution in [0.4, 0.5) is 10.1 Å². The molecule has 0 amide bonds.